The molecule has 1 fully saturated rings. The van der Waals surface area contributed by atoms with Crippen LogP contribution in [-0.2, 0) is 31.9 Å². The molecular weight excluding hydrogens is 486 g/mol. The Morgan fingerprint density at radius 1 is 0.974 bits per heavy atom. The predicted octanol–water partition coefficient (Wildman–Crippen LogP) is 3.64. The highest BCUT2D eigenvalue weighted by molar-refractivity contribution is 5.98. The lowest BCUT2D eigenvalue weighted by atomic mass is 9.95. The number of methoxy groups -OCH3 is 2. The van der Waals surface area contributed by atoms with Gasteiger partial charge in [-0.1, -0.05) is 25.3 Å². The van der Waals surface area contributed by atoms with Gasteiger partial charge in [0.1, 0.15) is 11.8 Å². The molecule has 2 atom stereocenters. The van der Waals surface area contributed by atoms with E-state index in [1.54, 1.807) is 12.1 Å². The molecule has 9 heteroatoms. The van der Waals surface area contributed by atoms with Crippen LogP contribution in [0.1, 0.15) is 60.0 Å². The van der Waals surface area contributed by atoms with Crippen LogP contribution in [0.4, 0.5) is 11.4 Å². The summed E-state index contributed by atoms with van der Waals surface area (Å²) < 4.78 is 15.1. The van der Waals surface area contributed by atoms with Crippen LogP contribution in [0.25, 0.3) is 0 Å². The minimum atomic E-state index is -0.789. The van der Waals surface area contributed by atoms with E-state index in [1.165, 1.54) is 33.5 Å². The van der Waals surface area contributed by atoms with E-state index >= 15 is 0 Å². The molecule has 2 aliphatic carbocycles. The molecule has 38 heavy (non-hydrogen) atoms. The first-order valence-electron chi connectivity index (χ1n) is 13.2. The second-order valence-corrected chi connectivity index (χ2v) is 10.1. The second kappa shape index (κ2) is 12.7. The maximum absolute atomic E-state index is 13.1. The Bertz CT molecular complexity index is 1160. The molecule has 0 aromatic heterocycles. The second-order valence-electron chi connectivity index (χ2n) is 10.1. The fourth-order valence-corrected chi connectivity index (χ4v) is 5.38. The van der Waals surface area contributed by atoms with Gasteiger partial charge in [0, 0.05) is 11.6 Å². The number of carbonyl (C=O) groups excluding carboxylic acids is 3. The third-order valence-corrected chi connectivity index (χ3v) is 7.42. The number of hydrogen-bond donors (Lipinski definition) is 3. The Kier molecular flexibility index (Phi) is 9.10. The molecule has 0 heterocycles. The first kappa shape index (κ1) is 27.3. The van der Waals surface area contributed by atoms with Crippen molar-refractivity contribution in [3.63, 3.8) is 0 Å². The van der Waals surface area contributed by atoms with Gasteiger partial charge in [0.25, 0.3) is 5.91 Å². The maximum atomic E-state index is 13.1. The number of benzene rings is 2. The molecular formula is C29H37N3O6. The molecule has 1 unspecified atom stereocenters. The van der Waals surface area contributed by atoms with E-state index in [0.29, 0.717) is 29.5 Å². The fourth-order valence-electron chi connectivity index (χ4n) is 5.38. The predicted molar refractivity (Wildman–Crippen MR) is 144 cm³/mol. The van der Waals surface area contributed by atoms with Crippen molar-refractivity contribution in [2.45, 2.75) is 63.5 Å². The number of carbonyl (C=O) groups is 3. The lowest BCUT2D eigenvalue weighted by Crippen LogP contribution is -2.43. The van der Waals surface area contributed by atoms with E-state index in [1.807, 2.05) is 24.3 Å². The van der Waals surface area contributed by atoms with Gasteiger partial charge in [-0.25, -0.2) is 9.59 Å². The molecule has 4 rings (SSSR count). The smallest absolute Gasteiger partial charge is 0.343 e. The van der Waals surface area contributed by atoms with Gasteiger partial charge in [0.15, 0.2) is 6.61 Å². The third-order valence-electron chi connectivity index (χ3n) is 7.42. The topological polar surface area (TPSA) is 129 Å². The van der Waals surface area contributed by atoms with E-state index in [-0.39, 0.29) is 18.4 Å². The minimum Gasteiger partial charge on any atom is -0.482 e. The van der Waals surface area contributed by atoms with Crippen LogP contribution in [0, 0.1) is 5.92 Å². The summed E-state index contributed by atoms with van der Waals surface area (Å²) in [6.45, 7) is -0.155. The van der Waals surface area contributed by atoms with Crippen LogP contribution in [0.5, 0.6) is 5.75 Å². The number of amides is 1. The van der Waals surface area contributed by atoms with Gasteiger partial charge >= 0.3 is 11.9 Å². The summed E-state index contributed by atoms with van der Waals surface area (Å²) in [5.41, 5.74) is 10.3. The minimum absolute atomic E-state index is 0.136. The Balaban J connectivity index is 1.36. The normalized spacial score (nSPS) is 17.7. The zero-order valence-electron chi connectivity index (χ0n) is 22.1. The lowest BCUT2D eigenvalue weighted by molar-refractivity contribution is -0.144. The van der Waals surface area contributed by atoms with Gasteiger partial charge in [0.2, 0.25) is 0 Å². The van der Waals surface area contributed by atoms with Crippen LogP contribution in [0.15, 0.2) is 36.4 Å². The number of nitrogen functional groups attached to an aromatic ring is 1. The summed E-state index contributed by atoms with van der Waals surface area (Å²) >= 11 is 0. The molecule has 2 aromatic carbocycles. The number of nitrogens with two attached hydrogens (primary N) is 1. The van der Waals surface area contributed by atoms with Crippen LogP contribution in [0.2, 0.25) is 0 Å². The number of esters is 2. The van der Waals surface area contributed by atoms with Crippen LogP contribution < -0.4 is 21.1 Å². The van der Waals surface area contributed by atoms with Crippen molar-refractivity contribution in [1.29, 1.82) is 0 Å². The standard InChI is InChI=1S/C29H37N3O6/c1-36-27(33)17-38-23-10-8-19-12-18(13-21(19)15-23)14-26(29(35)37-2)32-28(34)20-9-11-25(24(30)16-20)31-22-6-4-3-5-7-22/h8-11,15-16,18,22,26,31H,3-7,12-14,17,30H2,1-2H3,(H,32,34)/t18?,26-/m0/s1. The first-order chi connectivity index (χ1) is 18.4. The summed E-state index contributed by atoms with van der Waals surface area (Å²) in [6, 6.07) is 10.5. The number of hydrogen-bond acceptors (Lipinski definition) is 8. The number of ether oxygens (including phenoxy) is 3. The summed E-state index contributed by atoms with van der Waals surface area (Å²) in [5.74, 6) is -0.578. The van der Waals surface area contributed by atoms with Crippen molar-refractivity contribution in [2.75, 3.05) is 31.9 Å². The van der Waals surface area contributed by atoms with Crippen molar-refractivity contribution in [3.05, 3.63) is 53.1 Å². The highest BCUT2D eigenvalue weighted by Gasteiger charge is 2.30. The quantitative estimate of drug-likeness (QED) is 0.318. The van der Waals surface area contributed by atoms with Gasteiger partial charge < -0.3 is 30.6 Å². The fraction of sp³-hybridized carbons (Fsp3) is 0.483. The number of fused-ring (bicyclic) bond motifs is 1. The summed E-state index contributed by atoms with van der Waals surface area (Å²) in [5, 5.41) is 6.35. The average Bonchev–Trinajstić information content (AvgIpc) is 3.34. The SMILES string of the molecule is COC(=O)COc1ccc2c(c1)CC(C[C@H](NC(=O)c1ccc(NC3CCCCC3)c(N)c1)C(=O)OC)C2. The number of anilines is 2. The third kappa shape index (κ3) is 6.96. The Labute approximate surface area is 223 Å². The summed E-state index contributed by atoms with van der Waals surface area (Å²) in [4.78, 5) is 37.0. The van der Waals surface area contributed by atoms with Crippen LogP contribution in [-0.4, -0.2) is 50.8 Å². The van der Waals surface area contributed by atoms with Crippen molar-refractivity contribution < 1.29 is 28.6 Å². The van der Waals surface area contributed by atoms with Crippen molar-refractivity contribution in [1.82, 2.24) is 5.32 Å². The highest BCUT2D eigenvalue weighted by Crippen LogP contribution is 2.33. The molecule has 0 bridgehead atoms. The van der Waals surface area contributed by atoms with E-state index in [0.717, 1.165) is 42.5 Å². The molecule has 0 spiro atoms. The van der Waals surface area contributed by atoms with Crippen LogP contribution in [0.3, 0.4) is 0 Å². The van der Waals surface area contributed by atoms with E-state index in [9.17, 15) is 14.4 Å². The Hall–Kier alpha value is -3.75. The maximum Gasteiger partial charge on any atom is 0.343 e. The molecule has 1 saturated carbocycles. The molecule has 0 saturated heterocycles. The molecule has 2 aliphatic rings. The largest absolute Gasteiger partial charge is 0.482 e. The molecule has 0 aliphatic heterocycles. The Morgan fingerprint density at radius 2 is 1.74 bits per heavy atom. The average molecular weight is 524 g/mol. The van der Waals surface area contributed by atoms with Gasteiger partial charge in [-0.15, -0.1) is 0 Å². The van der Waals surface area contributed by atoms with Gasteiger partial charge in [-0.05, 0) is 79.5 Å². The van der Waals surface area contributed by atoms with Crippen molar-refractivity contribution >= 4 is 29.2 Å². The van der Waals surface area contributed by atoms with Crippen molar-refractivity contribution in [2.24, 2.45) is 5.92 Å². The molecule has 2 aromatic rings. The molecule has 204 valence electrons. The zero-order chi connectivity index (χ0) is 27.1. The zero-order valence-corrected chi connectivity index (χ0v) is 22.1. The lowest BCUT2D eigenvalue weighted by Gasteiger charge is -2.25. The Morgan fingerprint density at radius 3 is 2.45 bits per heavy atom. The molecule has 0 radical (unpaired) electrons. The highest BCUT2D eigenvalue weighted by atomic mass is 16.6. The van der Waals surface area contributed by atoms with E-state index < -0.39 is 18.0 Å². The van der Waals surface area contributed by atoms with Gasteiger partial charge in [-0.3, -0.25) is 4.79 Å². The van der Waals surface area contributed by atoms with E-state index in [4.69, 9.17) is 15.2 Å². The molecule has 4 N–H and O–H groups in total. The molecule has 9 nitrogen and oxygen atoms in total. The summed E-state index contributed by atoms with van der Waals surface area (Å²) in [6.07, 6.45) is 7.86. The van der Waals surface area contributed by atoms with Gasteiger partial charge in [0.05, 0.1) is 25.6 Å². The van der Waals surface area contributed by atoms with Gasteiger partial charge in [-0.2, -0.15) is 0 Å². The van der Waals surface area contributed by atoms with Crippen molar-refractivity contribution in [3.8, 4) is 5.75 Å². The first-order valence-corrected chi connectivity index (χ1v) is 13.2. The van der Waals surface area contributed by atoms with E-state index in [2.05, 4.69) is 15.4 Å². The number of rotatable bonds is 10. The number of nitrogens with one attached hydrogen (secondary N) is 2. The summed E-state index contributed by atoms with van der Waals surface area (Å²) in [7, 11) is 2.63. The molecule has 1 amide bonds. The monoisotopic (exact) mass is 523 g/mol. The van der Waals surface area contributed by atoms with Crippen LogP contribution >= 0.6 is 0 Å².